The van der Waals surface area contributed by atoms with Gasteiger partial charge in [-0.05, 0) is 0 Å². The lowest BCUT2D eigenvalue weighted by Crippen LogP contribution is -2.34. The molecular weight excluding hydrogens is 235 g/mol. The molecule has 1 aromatic heterocycles. The van der Waals surface area contributed by atoms with Crippen LogP contribution in [-0.4, -0.2) is 38.6 Å². The second kappa shape index (κ2) is 4.40. The Morgan fingerprint density at radius 2 is 2.29 bits per heavy atom. The number of aliphatic hydroxyl groups is 2. The maximum Gasteiger partial charge on any atom is 0.330 e. The van der Waals surface area contributed by atoms with Crippen LogP contribution in [0.1, 0.15) is 12.6 Å². The van der Waals surface area contributed by atoms with Crippen molar-refractivity contribution in [1.29, 1.82) is 0 Å². The Labute approximate surface area is 94.1 Å². The average Bonchev–Trinajstić information content (AvgIpc) is 2.65. The highest BCUT2D eigenvalue weighted by Gasteiger charge is 2.35. The Balaban J connectivity index is 2.34. The van der Waals surface area contributed by atoms with E-state index in [0.29, 0.717) is 0 Å². The summed E-state index contributed by atoms with van der Waals surface area (Å²) in [6.07, 6.45) is -1.90. The summed E-state index contributed by atoms with van der Waals surface area (Å²) < 4.78 is 19.0. The zero-order valence-corrected chi connectivity index (χ0v) is 8.67. The summed E-state index contributed by atoms with van der Waals surface area (Å²) in [6.45, 7) is -0.405. The van der Waals surface area contributed by atoms with Gasteiger partial charge < -0.3 is 14.9 Å². The molecule has 0 bridgehead atoms. The molecule has 2 rings (SSSR count). The van der Waals surface area contributed by atoms with E-state index in [1.165, 1.54) is 0 Å². The van der Waals surface area contributed by atoms with Crippen molar-refractivity contribution < 1.29 is 19.3 Å². The van der Waals surface area contributed by atoms with Crippen LogP contribution >= 0.6 is 0 Å². The lowest BCUT2D eigenvalue weighted by Gasteiger charge is -2.13. The molecular formula is C9H11FN2O5. The Hall–Kier alpha value is -1.51. The molecule has 1 aromatic rings. The fraction of sp³-hybridized carbons (Fsp3) is 0.556. The molecule has 1 saturated heterocycles. The van der Waals surface area contributed by atoms with E-state index in [9.17, 15) is 19.1 Å². The number of nitrogens with one attached hydrogen (secondary N) is 1. The third kappa shape index (κ3) is 2.14. The van der Waals surface area contributed by atoms with E-state index >= 15 is 0 Å². The molecule has 2 heterocycles. The number of hydrogen-bond acceptors (Lipinski definition) is 5. The predicted molar refractivity (Wildman–Crippen MR) is 52.9 cm³/mol. The molecule has 3 atom stereocenters. The topological polar surface area (TPSA) is 105 Å². The third-order valence-corrected chi connectivity index (χ3v) is 2.62. The number of H-pyrrole nitrogens is 1. The minimum Gasteiger partial charge on any atom is -0.394 e. The van der Waals surface area contributed by atoms with Gasteiger partial charge in [0.05, 0.1) is 18.9 Å². The first kappa shape index (κ1) is 12.0. The van der Waals surface area contributed by atoms with Crippen molar-refractivity contribution in [2.24, 2.45) is 0 Å². The molecule has 1 aliphatic heterocycles. The van der Waals surface area contributed by atoms with Gasteiger partial charge in [0.1, 0.15) is 12.3 Å². The molecule has 0 amide bonds. The van der Waals surface area contributed by atoms with Crippen molar-refractivity contribution in [3.05, 3.63) is 32.9 Å². The number of aromatic amines is 1. The lowest BCUT2D eigenvalue weighted by molar-refractivity contribution is -0.0462. The zero-order chi connectivity index (χ0) is 12.6. The van der Waals surface area contributed by atoms with Crippen LogP contribution in [-0.2, 0) is 4.74 Å². The van der Waals surface area contributed by atoms with Gasteiger partial charge in [0, 0.05) is 6.42 Å². The van der Waals surface area contributed by atoms with Gasteiger partial charge in [-0.15, -0.1) is 0 Å². The summed E-state index contributed by atoms with van der Waals surface area (Å²) in [7, 11) is 0. The smallest absolute Gasteiger partial charge is 0.330 e. The van der Waals surface area contributed by atoms with E-state index in [1.807, 2.05) is 0 Å². The maximum absolute atomic E-state index is 13.0. The fourth-order valence-corrected chi connectivity index (χ4v) is 1.72. The van der Waals surface area contributed by atoms with Crippen molar-refractivity contribution in [1.82, 2.24) is 9.55 Å². The Morgan fingerprint density at radius 1 is 1.59 bits per heavy atom. The van der Waals surface area contributed by atoms with Crippen LogP contribution < -0.4 is 11.2 Å². The standard InChI is InChI=1S/C9H11FN2O5/c10-4-2-12(9(16)11-8(4)15)7-1-5(14)6(3-13)17-7/h2,5-7,13-14H,1,3H2,(H,11,15,16)/t5-,6?,7+/m0/s1. The molecule has 0 saturated carbocycles. The van der Waals surface area contributed by atoms with Gasteiger partial charge in [0.2, 0.25) is 5.82 Å². The highest BCUT2D eigenvalue weighted by atomic mass is 19.1. The molecule has 1 unspecified atom stereocenters. The molecule has 0 radical (unpaired) electrons. The molecule has 0 aromatic carbocycles. The van der Waals surface area contributed by atoms with Crippen molar-refractivity contribution in [2.45, 2.75) is 24.9 Å². The summed E-state index contributed by atoms with van der Waals surface area (Å²) in [6, 6.07) is 0. The molecule has 17 heavy (non-hydrogen) atoms. The first-order chi connectivity index (χ1) is 8.02. The third-order valence-electron chi connectivity index (χ3n) is 2.62. The average molecular weight is 246 g/mol. The highest BCUT2D eigenvalue weighted by molar-refractivity contribution is 4.90. The molecule has 3 N–H and O–H groups in total. The normalized spacial score (nSPS) is 28.5. The first-order valence-electron chi connectivity index (χ1n) is 4.98. The van der Waals surface area contributed by atoms with Gasteiger partial charge >= 0.3 is 5.69 Å². The zero-order valence-electron chi connectivity index (χ0n) is 8.67. The predicted octanol–water partition coefficient (Wildman–Crippen LogP) is -1.68. The molecule has 7 nitrogen and oxygen atoms in total. The number of halogens is 1. The maximum atomic E-state index is 13.0. The van der Waals surface area contributed by atoms with Crippen LogP contribution in [0.5, 0.6) is 0 Å². The van der Waals surface area contributed by atoms with Gasteiger partial charge in [-0.25, -0.2) is 4.79 Å². The quantitative estimate of drug-likeness (QED) is 0.578. The SMILES string of the molecule is O=c1[nH]c(=O)n([C@H]2C[C@H](O)C(CO)O2)cc1F. The van der Waals surface area contributed by atoms with E-state index in [-0.39, 0.29) is 6.42 Å². The number of aliphatic hydroxyl groups excluding tert-OH is 2. The minimum absolute atomic E-state index is 0.0383. The summed E-state index contributed by atoms with van der Waals surface area (Å²) in [5.41, 5.74) is -1.93. The van der Waals surface area contributed by atoms with Crippen LogP contribution in [0, 0.1) is 5.82 Å². The summed E-state index contributed by atoms with van der Waals surface area (Å²) in [4.78, 5) is 24.0. The second-order valence-electron chi connectivity index (χ2n) is 3.76. The monoisotopic (exact) mass is 246 g/mol. The number of hydrogen-bond donors (Lipinski definition) is 3. The molecule has 94 valence electrons. The first-order valence-corrected chi connectivity index (χ1v) is 4.98. The van der Waals surface area contributed by atoms with Crippen LogP contribution in [0.3, 0.4) is 0 Å². The lowest BCUT2D eigenvalue weighted by atomic mass is 10.2. The van der Waals surface area contributed by atoms with Crippen molar-refractivity contribution in [3.63, 3.8) is 0 Å². The Bertz CT molecular complexity index is 525. The van der Waals surface area contributed by atoms with Crippen LogP contribution in [0.4, 0.5) is 4.39 Å². The Morgan fingerprint density at radius 3 is 2.88 bits per heavy atom. The molecule has 0 aliphatic carbocycles. The molecule has 0 spiro atoms. The molecule has 1 aliphatic rings. The summed E-state index contributed by atoms with van der Waals surface area (Å²) in [5, 5.41) is 18.3. The second-order valence-corrected chi connectivity index (χ2v) is 3.76. The van der Waals surface area contributed by atoms with Gasteiger partial charge in [0.15, 0.2) is 0 Å². The summed E-state index contributed by atoms with van der Waals surface area (Å²) >= 11 is 0. The van der Waals surface area contributed by atoms with Gasteiger partial charge in [-0.1, -0.05) is 0 Å². The van der Waals surface area contributed by atoms with Crippen LogP contribution in [0.25, 0.3) is 0 Å². The number of aromatic nitrogens is 2. The van der Waals surface area contributed by atoms with E-state index < -0.39 is 42.1 Å². The van der Waals surface area contributed by atoms with Crippen LogP contribution in [0.2, 0.25) is 0 Å². The van der Waals surface area contributed by atoms with Crippen molar-refractivity contribution in [2.75, 3.05) is 6.61 Å². The fourth-order valence-electron chi connectivity index (χ4n) is 1.72. The van der Waals surface area contributed by atoms with Crippen molar-refractivity contribution in [3.8, 4) is 0 Å². The number of rotatable bonds is 2. The van der Waals surface area contributed by atoms with Gasteiger partial charge in [0.25, 0.3) is 5.56 Å². The van der Waals surface area contributed by atoms with Gasteiger partial charge in [-0.3, -0.25) is 14.3 Å². The highest BCUT2D eigenvalue weighted by Crippen LogP contribution is 2.26. The van der Waals surface area contributed by atoms with E-state index in [4.69, 9.17) is 9.84 Å². The van der Waals surface area contributed by atoms with E-state index in [0.717, 1.165) is 10.8 Å². The minimum atomic E-state index is -1.12. The number of ether oxygens (including phenoxy) is 1. The largest absolute Gasteiger partial charge is 0.394 e. The van der Waals surface area contributed by atoms with Crippen LogP contribution in [0.15, 0.2) is 15.8 Å². The van der Waals surface area contributed by atoms with Gasteiger partial charge in [-0.2, -0.15) is 4.39 Å². The summed E-state index contributed by atoms with van der Waals surface area (Å²) in [5.74, 6) is -1.12. The molecule has 8 heteroatoms. The van der Waals surface area contributed by atoms with E-state index in [1.54, 1.807) is 4.98 Å². The molecule has 1 fully saturated rings. The van der Waals surface area contributed by atoms with Crippen molar-refractivity contribution >= 4 is 0 Å². The Kier molecular flexibility index (Phi) is 3.09. The number of nitrogens with zero attached hydrogens (tertiary/aromatic N) is 1. The van der Waals surface area contributed by atoms with E-state index in [2.05, 4.69) is 0 Å².